The van der Waals surface area contributed by atoms with Gasteiger partial charge in [0.2, 0.25) is 0 Å². The van der Waals surface area contributed by atoms with Crippen LogP contribution in [0.2, 0.25) is 0 Å². The van der Waals surface area contributed by atoms with Gasteiger partial charge in [-0.1, -0.05) is 44.4 Å². The van der Waals surface area contributed by atoms with Gasteiger partial charge in [0.05, 0.1) is 5.92 Å². The van der Waals surface area contributed by atoms with Crippen molar-refractivity contribution in [1.29, 1.82) is 0 Å². The van der Waals surface area contributed by atoms with Crippen LogP contribution in [0.5, 0.6) is 0 Å². The molecule has 5 nitrogen and oxygen atoms in total. The summed E-state index contributed by atoms with van der Waals surface area (Å²) < 4.78 is 5.31. The summed E-state index contributed by atoms with van der Waals surface area (Å²) in [4.78, 5) is 36.9. The van der Waals surface area contributed by atoms with Gasteiger partial charge in [0, 0.05) is 16.8 Å². The van der Waals surface area contributed by atoms with Crippen LogP contribution in [-0.4, -0.2) is 24.3 Å². The predicted molar refractivity (Wildman–Crippen MR) is 121 cm³/mol. The maximum Gasteiger partial charge on any atom is 0.309 e. The number of Topliss-reactive ketones (excluding diaryl/α,β-unsaturated/α-hetero) is 1. The van der Waals surface area contributed by atoms with Crippen molar-refractivity contribution in [2.45, 2.75) is 51.9 Å². The zero-order valence-corrected chi connectivity index (χ0v) is 18.1. The first-order valence-electron chi connectivity index (χ1n) is 11.2. The van der Waals surface area contributed by atoms with Gasteiger partial charge in [-0.15, -0.1) is 0 Å². The smallest absolute Gasteiger partial charge is 0.309 e. The maximum atomic E-state index is 12.4. The molecule has 31 heavy (non-hydrogen) atoms. The Morgan fingerprint density at radius 3 is 2.23 bits per heavy atom. The lowest BCUT2D eigenvalue weighted by molar-refractivity contribution is -0.148. The second kappa shape index (κ2) is 11.4. The van der Waals surface area contributed by atoms with Gasteiger partial charge in [-0.3, -0.25) is 14.4 Å². The molecule has 1 amide bonds. The number of nitrogens with one attached hydrogen (secondary N) is 1. The van der Waals surface area contributed by atoms with Gasteiger partial charge in [0.15, 0.2) is 12.4 Å². The quantitative estimate of drug-likeness (QED) is 0.419. The first-order chi connectivity index (χ1) is 15.1. The maximum absolute atomic E-state index is 12.4. The fourth-order valence-electron chi connectivity index (χ4n) is 4.05. The molecular weight excluding hydrogens is 390 g/mol. The molecule has 0 radical (unpaired) electrons. The molecule has 1 aliphatic carbocycles. The molecule has 164 valence electrons. The monoisotopic (exact) mass is 421 g/mol. The van der Waals surface area contributed by atoms with Gasteiger partial charge in [0.25, 0.3) is 5.91 Å². The van der Waals surface area contributed by atoms with Crippen LogP contribution in [0.3, 0.4) is 0 Å². The van der Waals surface area contributed by atoms with Crippen molar-refractivity contribution in [2.24, 2.45) is 11.8 Å². The zero-order chi connectivity index (χ0) is 22.1. The van der Waals surface area contributed by atoms with E-state index in [2.05, 4.69) is 12.2 Å². The molecule has 3 rings (SSSR count). The highest BCUT2D eigenvalue weighted by molar-refractivity contribution is 6.04. The first kappa shape index (κ1) is 22.7. The highest BCUT2D eigenvalue weighted by Crippen LogP contribution is 2.32. The van der Waals surface area contributed by atoms with E-state index in [1.165, 1.54) is 19.3 Å². The molecule has 0 spiro atoms. The molecule has 1 aliphatic rings. The van der Waals surface area contributed by atoms with Crippen molar-refractivity contribution >= 4 is 23.3 Å². The Labute approximate surface area is 184 Å². The number of hydrogen-bond acceptors (Lipinski definition) is 4. The van der Waals surface area contributed by atoms with Crippen molar-refractivity contribution in [3.05, 3.63) is 65.7 Å². The minimum Gasteiger partial charge on any atom is -0.457 e. The van der Waals surface area contributed by atoms with Crippen LogP contribution in [0.4, 0.5) is 5.69 Å². The van der Waals surface area contributed by atoms with Crippen molar-refractivity contribution < 1.29 is 19.1 Å². The molecule has 5 heteroatoms. The summed E-state index contributed by atoms with van der Waals surface area (Å²) >= 11 is 0. The summed E-state index contributed by atoms with van der Waals surface area (Å²) in [7, 11) is 0. The summed E-state index contributed by atoms with van der Waals surface area (Å²) in [5.74, 6) is -0.0641. The number of benzene rings is 2. The Morgan fingerprint density at radius 2 is 1.58 bits per heavy atom. The number of esters is 1. The SMILES string of the molecule is CCCCC1CCC(C(=O)OCC(=O)c2ccc(NC(=O)c3ccccc3)cc2)CC1. The number of carbonyl (C=O) groups is 3. The average molecular weight is 422 g/mol. The average Bonchev–Trinajstić information content (AvgIpc) is 2.82. The van der Waals surface area contributed by atoms with E-state index in [4.69, 9.17) is 4.74 Å². The van der Waals surface area contributed by atoms with Crippen LogP contribution in [0.15, 0.2) is 54.6 Å². The molecule has 2 aromatic carbocycles. The molecule has 0 aromatic heterocycles. The third-order valence-corrected chi connectivity index (χ3v) is 5.99. The molecule has 0 aliphatic heterocycles. The molecular formula is C26H31NO4. The van der Waals surface area contributed by atoms with Crippen LogP contribution >= 0.6 is 0 Å². The summed E-state index contributed by atoms with van der Waals surface area (Å²) in [6.07, 6.45) is 7.58. The summed E-state index contributed by atoms with van der Waals surface area (Å²) in [6.45, 7) is 1.96. The number of unbranched alkanes of at least 4 members (excludes halogenated alkanes) is 1. The molecule has 0 heterocycles. The summed E-state index contributed by atoms with van der Waals surface area (Å²) in [5, 5.41) is 2.80. The predicted octanol–water partition coefficient (Wildman–Crippen LogP) is 5.66. The number of carbonyl (C=O) groups excluding carboxylic acids is 3. The van der Waals surface area contributed by atoms with Crippen molar-refractivity contribution in [1.82, 2.24) is 0 Å². The van der Waals surface area contributed by atoms with E-state index in [0.717, 1.165) is 31.6 Å². The third-order valence-electron chi connectivity index (χ3n) is 5.99. The van der Waals surface area contributed by atoms with Gasteiger partial charge in [0.1, 0.15) is 0 Å². The van der Waals surface area contributed by atoms with E-state index in [9.17, 15) is 14.4 Å². The van der Waals surface area contributed by atoms with Crippen molar-refractivity contribution in [2.75, 3.05) is 11.9 Å². The fourth-order valence-corrected chi connectivity index (χ4v) is 4.05. The molecule has 0 saturated heterocycles. The van der Waals surface area contributed by atoms with Crippen LogP contribution in [0.1, 0.15) is 72.6 Å². The van der Waals surface area contributed by atoms with Crippen LogP contribution in [-0.2, 0) is 9.53 Å². The Kier molecular flexibility index (Phi) is 8.39. The van der Waals surface area contributed by atoms with Gasteiger partial charge in [-0.2, -0.15) is 0 Å². The molecule has 0 atom stereocenters. The highest BCUT2D eigenvalue weighted by atomic mass is 16.5. The van der Waals surface area contributed by atoms with E-state index in [1.807, 2.05) is 6.07 Å². The molecule has 1 fully saturated rings. The number of amides is 1. The van der Waals surface area contributed by atoms with Crippen molar-refractivity contribution in [3.8, 4) is 0 Å². The molecule has 1 N–H and O–H groups in total. The normalized spacial score (nSPS) is 18.2. The van der Waals surface area contributed by atoms with Gasteiger partial charge >= 0.3 is 5.97 Å². The minimum absolute atomic E-state index is 0.0822. The largest absolute Gasteiger partial charge is 0.457 e. The number of ether oxygens (including phenoxy) is 1. The van der Waals surface area contributed by atoms with E-state index in [0.29, 0.717) is 16.8 Å². The van der Waals surface area contributed by atoms with Crippen LogP contribution in [0.25, 0.3) is 0 Å². The highest BCUT2D eigenvalue weighted by Gasteiger charge is 2.27. The number of rotatable bonds is 9. The van der Waals surface area contributed by atoms with Crippen LogP contribution < -0.4 is 5.32 Å². The second-order valence-electron chi connectivity index (χ2n) is 8.29. The zero-order valence-electron chi connectivity index (χ0n) is 18.1. The summed E-state index contributed by atoms with van der Waals surface area (Å²) in [5.41, 5.74) is 1.62. The van der Waals surface area contributed by atoms with E-state index in [1.54, 1.807) is 48.5 Å². The second-order valence-corrected chi connectivity index (χ2v) is 8.29. The number of anilines is 1. The molecule has 2 aromatic rings. The first-order valence-corrected chi connectivity index (χ1v) is 11.2. The Hall–Kier alpha value is -2.95. The lowest BCUT2D eigenvalue weighted by Gasteiger charge is -2.27. The number of hydrogen-bond donors (Lipinski definition) is 1. The van der Waals surface area contributed by atoms with Gasteiger partial charge < -0.3 is 10.1 Å². The fraction of sp³-hybridized carbons (Fsp3) is 0.423. The van der Waals surface area contributed by atoms with E-state index >= 15 is 0 Å². The topological polar surface area (TPSA) is 72.5 Å². The Bertz CT molecular complexity index is 868. The number of ketones is 1. The van der Waals surface area contributed by atoms with E-state index < -0.39 is 0 Å². The van der Waals surface area contributed by atoms with Gasteiger partial charge in [-0.05, 0) is 68.0 Å². The molecule has 0 bridgehead atoms. The van der Waals surface area contributed by atoms with Crippen LogP contribution in [0, 0.1) is 11.8 Å². The third kappa shape index (κ3) is 6.78. The Balaban J connectivity index is 1.43. The summed E-state index contributed by atoms with van der Waals surface area (Å²) in [6, 6.07) is 15.5. The van der Waals surface area contributed by atoms with Gasteiger partial charge in [-0.25, -0.2) is 0 Å². The molecule has 1 saturated carbocycles. The minimum atomic E-state index is -0.256. The lowest BCUT2D eigenvalue weighted by Crippen LogP contribution is -2.25. The van der Waals surface area contributed by atoms with Crippen molar-refractivity contribution in [3.63, 3.8) is 0 Å². The Morgan fingerprint density at radius 1 is 0.903 bits per heavy atom. The lowest BCUT2D eigenvalue weighted by atomic mass is 9.80. The standard InChI is InChI=1S/C26H31NO4/c1-2-3-7-19-10-12-22(13-11-19)26(30)31-18-24(28)20-14-16-23(17-15-20)27-25(29)21-8-5-4-6-9-21/h4-6,8-9,14-17,19,22H,2-3,7,10-13,18H2,1H3,(H,27,29). The van der Waals surface area contributed by atoms with E-state index in [-0.39, 0.29) is 30.2 Å². The molecule has 0 unspecified atom stereocenters.